The van der Waals surface area contributed by atoms with E-state index in [0.717, 1.165) is 19.3 Å². The minimum absolute atomic E-state index is 0.292. The first-order valence-corrected chi connectivity index (χ1v) is 8.02. The third-order valence-corrected chi connectivity index (χ3v) is 5.24. The summed E-state index contributed by atoms with van der Waals surface area (Å²) in [6.45, 7) is 8.24. The van der Waals surface area contributed by atoms with E-state index in [1.165, 1.54) is 4.31 Å². The lowest BCUT2D eigenvalue weighted by molar-refractivity contribution is 0.253. The predicted molar refractivity (Wildman–Crippen MR) is 74.3 cm³/mol. The fourth-order valence-electron chi connectivity index (χ4n) is 2.29. The van der Waals surface area contributed by atoms with Crippen LogP contribution in [0.3, 0.4) is 0 Å². The number of nitrogens with zero attached hydrogens (tertiary/aromatic N) is 2. The second-order valence-electron chi connectivity index (χ2n) is 4.76. The third kappa shape index (κ3) is 3.78. The van der Waals surface area contributed by atoms with Crippen molar-refractivity contribution < 1.29 is 8.42 Å². The topological polar surface area (TPSA) is 66.6 Å². The molecule has 0 aromatic heterocycles. The van der Waals surface area contributed by atoms with E-state index in [1.807, 2.05) is 6.92 Å². The summed E-state index contributed by atoms with van der Waals surface area (Å²) < 4.78 is 28.1. The van der Waals surface area contributed by atoms with Gasteiger partial charge in [0.25, 0.3) is 10.2 Å². The van der Waals surface area contributed by atoms with Gasteiger partial charge >= 0.3 is 0 Å². The molecule has 0 bridgehead atoms. The van der Waals surface area contributed by atoms with Crippen LogP contribution < -0.4 is 5.73 Å². The molecule has 0 amide bonds. The van der Waals surface area contributed by atoms with Gasteiger partial charge in [-0.15, -0.1) is 6.58 Å². The Kier molecular flexibility index (Phi) is 6.28. The quantitative estimate of drug-likeness (QED) is 0.699. The van der Waals surface area contributed by atoms with Crippen molar-refractivity contribution in [2.24, 2.45) is 11.7 Å². The molecule has 0 aliphatic carbocycles. The standard InChI is InChI=1S/C12H25N3O2S/c1-3-7-14(8-4-2)18(16,17)15-9-5-6-12(10-13)11-15/h3,12H,1,4-11,13H2,2H3. The highest BCUT2D eigenvalue weighted by molar-refractivity contribution is 7.86. The van der Waals surface area contributed by atoms with Gasteiger partial charge in [-0.1, -0.05) is 13.0 Å². The van der Waals surface area contributed by atoms with Crippen molar-refractivity contribution in [3.8, 4) is 0 Å². The van der Waals surface area contributed by atoms with Crippen molar-refractivity contribution in [3.05, 3.63) is 12.7 Å². The van der Waals surface area contributed by atoms with Crippen molar-refractivity contribution in [2.75, 3.05) is 32.7 Å². The Morgan fingerprint density at radius 3 is 2.83 bits per heavy atom. The predicted octanol–water partition coefficient (Wildman–Crippen LogP) is 0.800. The summed E-state index contributed by atoms with van der Waals surface area (Å²) >= 11 is 0. The van der Waals surface area contributed by atoms with Gasteiger partial charge in [-0.2, -0.15) is 17.0 Å². The summed E-state index contributed by atoms with van der Waals surface area (Å²) in [6.07, 6.45) is 4.37. The third-order valence-electron chi connectivity index (χ3n) is 3.27. The van der Waals surface area contributed by atoms with Crippen LogP contribution in [0.15, 0.2) is 12.7 Å². The molecule has 1 aliphatic heterocycles. The molecule has 1 rings (SSSR count). The van der Waals surface area contributed by atoms with E-state index in [9.17, 15) is 8.42 Å². The molecule has 1 saturated heterocycles. The first kappa shape index (κ1) is 15.6. The molecule has 0 spiro atoms. The smallest absolute Gasteiger partial charge is 0.282 e. The van der Waals surface area contributed by atoms with E-state index in [-0.39, 0.29) is 0 Å². The summed E-state index contributed by atoms with van der Waals surface area (Å²) in [6, 6.07) is 0. The Hall–Kier alpha value is -0.430. The fraction of sp³-hybridized carbons (Fsp3) is 0.833. The molecule has 1 atom stereocenters. The van der Waals surface area contributed by atoms with Gasteiger partial charge in [-0.25, -0.2) is 0 Å². The highest BCUT2D eigenvalue weighted by atomic mass is 32.2. The Bertz CT molecular complexity index is 356. The molecule has 1 heterocycles. The molecule has 0 saturated carbocycles. The lowest BCUT2D eigenvalue weighted by atomic mass is 10.0. The zero-order chi connectivity index (χ0) is 13.6. The number of nitrogens with two attached hydrogens (primary N) is 1. The zero-order valence-electron chi connectivity index (χ0n) is 11.2. The van der Waals surface area contributed by atoms with Crippen LogP contribution in [-0.4, -0.2) is 49.8 Å². The van der Waals surface area contributed by atoms with Crippen LogP contribution in [0, 0.1) is 5.92 Å². The molecule has 1 fully saturated rings. The van der Waals surface area contributed by atoms with Gasteiger partial charge < -0.3 is 5.73 Å². The van der Waals surface area contributed by atoms with Gasteiger partial charge in [0.2, 0.25) is 0 Å². The molecular weight excluding hydrogens is 250 g/mol. The van der Waals surface area contributed by atoms with Crippen molar-refractivity contribution in [1.29, 1.82) is 0 Å². The first-order valence-electron chi connectivity index (χ1n) is 6.62. The van der Waals surface area contributed by atoms with Gasteiger partial charge in [0, 0.05) is 26.2 Å². The van der Waals surface area contributed by atoms with Gasteiger partial charge in [0.05, 0.1) is 0 Å². The Morgan fingerprint density at radius 1 is 1.56 bits per heavy atom. The summed E-state index contributed by atoms with van der Waals surface area (Å²) in [5.41, 5.74) is 5.65. The number of hydrogen-bond acceptors (Lipinski definition) is 3. The summed E-state index contributed by atoms with van der Waals surface area (Å²) in [4.78, 5) is 0. The second kappa shape index (κ2) is 7.23. The van der Waals surface area contributed by atoms with E-state index >= 15 is 0 Å². The van der Waals surface area contributed by atoms with Crippen LogP contribution in [-0.2, 0) is 10.2 Å². The SMILES string of the molecule is C=CCN(CCC)S(=O)(=O)N1CCCC(CN)C1. The highest BCUT2D eigenvalue weighted by Crippen LogP contribution is 2.20. The zero-order valence-corrected chi connectivity index (χ0v) is 12.0. The molecule has 6 heteroatoms. The van der Waals surface area contributed by atoms with E-state index in [2.05, 4.69) is 6.58 Å². The Morgan fingerprint density at radius 2 is 2.28 bits per heavy atom. The monoisotopic (exact) mass is 275 g/mol. The van der Waals surface area contributed by atoms with Crippen molar-refractivity contribution in [1.82, 2.24) is 8.61 Å². The highest BCUT2D eigenvalue weighted by Gasteiger charge is 2.32. The second-order valence-corrected chi connectivity index (χ2v) is 6.68. The minimum Gasteiger partial charge on any atom is -0.330 e. The van der Waals surface area contributed by atoms with Crippen molar-refractivity contribution in [2.45, 2.75) is 26.2 Å². The van der Waals surface area contributed by atoms with Gasteiger partial charge in [-0.3, -0.25) is 0 Å². The molecular formula is C12H25N3O2S. The molecule has 0 radical (unpaired) electrons. The Balaban J connectivity index is 2.78. The average Bonchev–Trinajstić information content (AvgIpc) is 2.38. The van der Waals surface area contributed by atoms with E-state index in [0.29, 0.717) is 38.6 Å². The molecule has 106 valence electrons. The summed E-state index contributed by atoms with van der Waals surface area (Å²) in [5.74, 6) is 0.292. The molecule has 0 aromatic rings. The molecule has 1 unspecified atom stereocenters. The average molecular weight is 275 g/mol. The van der Waals surface area contributed by atoms with E-state index in [1.54, 1.807) is 10.4 Å². The maximum atomic E-state index is 12.5. The number of rotatable bonds is 7. The van der Waals surface area contributed by atoms with Gasteiger partial charge in [-0.05, 0) is 31.7 Å². The number of hydrogen-bond donors (Lipinski definition) is 1. The molecule has 1 aliphatic rings. The number of piperidine rings is 1. The van der Waals surface area contributed by atoms with Crippen LogP contribution in [0.1, 0.15) is 26.2 Å². The molecule has 2 N–H and O–H groups in total. The van der Waals surface area contributed by atoms with Crippen LogP contribution in [0.4, 0.5) is 0 Å². The van der Waals surface area contributed by atoms with E-state index in [4.69, 9.17) is 5.73 Å². The molecule has 5 nitrogen and oxygen atoms in total. The van der Waals surface area contributed by atoms with Crippen LogP contribution in [0.25, 0.3) is 0 Å². The van der Waals surface area contributed by atoms with Gasteiger partial charge in [0.15, 0.2) is 0 Å². The largest absolute Gasteiger partial charge is 0.330 e. The van der Waals surface area contributed by atoms with E-state index < -0.39 is 10.2 Å². The molecule has 18 heavy (non-hydrogen) atoms. The summed E-state index contributed by atoms with van der Waals surface area (Å²) in [5, 5.41) is 0. The van der Waals surface area contributed by atoms with Crippen LogP contribution >= 0.6 is 0 Å². The maximum absolute atomic E-state index is 12.5. The minimum atomic E-state index is -3.35. The van der Waals surface area contributed by atoms with Gasteiger partial charge in [0.1, 0.15) is 0 Å². The first-order chi connectivity index (χ1) is 8.56. The lowest BCUT2D eigenvalue weighted by Crippen LogP contribution is -2.49. The van der Waals surface area contributed by atoms with Crippen molar-refractivity contribution >= 4 is 10.2 Å². The van der Waals surface area contributed by atoms with Crippen LogP contribution in [0.5, 0.6) is 0 Å². The lowest BCUT2D eigenvalue weighted by Gasteiger charge is -2.34. The Labute approximate surface area is 111 Å². The summed E-state index contributed by atoms with van der Waals surface area (Å²) in [7, 11) is -3.35. The normalized spacial score (nSPS) is 22.3. The van der Waals surface area contributed by atoms with Crippen molar-refractivity contribution in [3.63, 3.8) is 0 Å². The maximum Gasteiger partial charge on any atom is 0.282 e. The van der Waals surface area contributed by atoms with Crippen LogP contribution in [0.2, 0.25) is 0 Å². The molecule has 0 aromatic carbocycles. The fourth-order valence-corrected chi connectivity index (χ4v) is 4.08.